The molecule has 0 saturated carbocycles. The van der Waals surface area contributed by atoms with Crippen molar-refractivity contribution in [1.29, 1.82) is 0 Å². The Bertz CT molecular complexity index is 637. The molecule has 0 saturated heterocycles. The number of nitrogens with one attached hydrogen (secondary N) is 1. The van der Waals surface area contributed by atoms with Crippen LogP contribution in [0.2, 0.25) is 0 Å². The molecule has 0 bridgehead atoms. The van der Waals surface area contributed by atoms with Gasteiger partial charge in [-0.3, -0.25) is 4.79 Å². The summed E-state index contributed by atoms with van der Waals surface area (Å²) in [7, 11) is 0. The van der Waals surface area contributed by atoms with Gasteiger partial charge in [-0.15, -0.1) is 0 Å². The predicted molar refractivity (Wildman–Crippen MR) is 82.5 cm³/mol. The Hall–Kier alpha value is -1.83. The van der Waals surface area contributed by atoms with Crippen LogP contribution in [-0.4, -0.2) is 4.98 Å². The fourth-order valence-corrected chi connectivity index (χ4v) is 2.23. The third-order valence-corrected chi connectivity index (χ3v) is 3.44. The summed E-state index contributed by atoms with van der Waals surface area (Å²) in [5, 5.41) is 0.767. The van der Waals surface area contributed by atoms with Crippen LogP contribution in [0, 0.1) is 6.92 Å². The minimum absolute atomic E-state index is 0.127. The number of fused-ring (bicyclic) bond motifs is 1. The molecule has 0 spiro atoms. The van der Waals surface area contributed by atoms with Crippen LogP contribution in [-0.2, 0) is 0 Å². The second-order valence-corrected chi connectivity index (χ2v) is 4.94. The highest BCUT2D eigenvalue weighted by molar-refractivity contribution is 5.80. The van der Waals surface area contributed by atoms with E-state index in [2.05, 4.69) is 18.0 Å². The van der Waals surface area contributed by atoms with Gasteiger partial charge in [-0.1, -0.05) is 38.0 Å². The minimum atomic E-state index is 0.127. The number of pyridine rings is 1. The van der Waals surface area contributed by atoms with Crippen LogP contribution >= 0.6 is 0 Å². The number of rotatable bonds is 5. The van der Waals surface area contributed by atoms with Crippen molar-refractivity contribution in [2.24, 2.45) is 0 Å². The number of unbranched alkanes of at least 4 members (excludes halogenated alkanes) is 3. The van der Waals surface area contributed by atoms with Gasteiger partial charge < -0.3 is 4.98 Å². The lowest BCUT2D eigenvalue weighted by molar-refractivity contribution is 0.730. The first kappa shape index (κ1) is 13.6. The molecule has 1 aromatic carbocycles. The van der Waals surface area contributed by atoms with Gasteiger partial charge in [0.25, 0.3) is 0 Å². The molecule has 100 valence electrons. The molecule has 1 N–H and O–H groups in total. The molecule has 1 heterocycles. The zero-order valence-electron chi connectivity index (χ0n) is 11.7. The third-order valence-electron chi connectivity index (χ3n) is 3.44. The number of hydrogen-bond donors (Lipinski definition) is 1. The van der Waals surface area contributed by atoms with Crippen LogP contribution in [0.1, 0.15) is 43.9 Å². The number of aromatic amines is 1. The molecule has 0 aliphatic heterocycles. The van der Waals surface area contributed by atoms with Crippen molar-refractivity contribution in [2.45, 2.75) is 39.5 Å². The molecular weight excluding hydrogens is 234 g/mol. The Balaban J connectivity index is 2.29. The maximum Gasteiger partial charge on any atom is 0.192 e. The number of aromatic nitrogens is 1. The molecule has 0 aliphatic carbocycles. The van der Waals surface area contributed by atoms with Crippen molar-refractivity contribution in [3.63, 3.8) is 0 Å². The Kier molecular flexibility index (Phi) is 4.56. The highest BCUT2D eigenvalue weighted by atomic mass is 16.1. The van der Waals surface area contributed by atoms with E-state index in [4.69, 9.17) is 0 Å². The van der Waals surface area contributed by atoms with Gasteiger partial charge in [-0.05, 0) is 38.0 Å². The minimum Gasteiger partial charge on any atom is -0.355 e. The summed E-state index contributed by atoms with van der Waals surface area (Å²) < 4.78 is 0. The SMILES string of the molecule is CCCCC/C=C/c1[nH]c2ccccc2c(=O)c1C. The van der Waals surface area contributed by atoms with E-state index in [1.54, 1.807) is 0 Å². The van der Waals surface area contributed by atoms with Gasteiger partial charge in [0, 0.05) is 22.2 Å². The van der Waals surface area contributed by atoms with Gasteiger partial charge in [0.1, 0.15) is 0 Å². The number of benzene rings is 1. The monoisotopic (exact) mass is 255 g/mol. The van der Waals surface area contributed by atoms with E-state index in [9.17, 15) is 4.79 Å². The highest BCUT2D eigenvalue weighted by Gasteiger charge is 2.04. The van der Waals surface area contributed by atoms with Gasteiger partial charge in [-0.2, -0.15) is 0 Å². The van der Waals surface area contributed by atoms with Gasteiger partial charge in [0.15, 0.2) is 5.43 Å². The fraction of sp³-hybridized carbons (Fsp3) is 0.353. The second kappa shape index (κ2) is 6.37. The topological polar surface area (TPSA) is 32.9 Å². The number of hydrogen-bond acceptors (Lipinski definition) is 1. The molecule has 19 heavy (non-hydrogen) atoms. The van der Waals surface area contributed by atoms with Gasteiger partial charge >= 0.3 is 0 Å². The smallest absolute Gasteiger partial charge is 0.192 e. The molecule has 0 unspecified atom stereocenters. The van der Waals surface area contributed by atoms with Crippen LogP contribution in [0.4, 0.5) is 0 Å². The number of H-pyrrole nitrogens is 1. The summed E-state index contributed by atoms with van der Waals surface area (Å²) >= 11 is 0. The quantitative estimate of drug-likeness (QED) is 0.788. The van der Waals surface area contributed by atoms with E-state index in [-0.39, 0.29) is 5.43 Å². The molecule has 2 rings (SSSR count). The molecule has 2 aromatic rings. The van der Waals surface area contributed by atoms with E-state index >= 15 is 0 Å². The van der Waals surface area contributed by atoms with E-state index < -0.39 is 0 Å². The largest absolute Gasteiger partial charge is 0.355 e. The molecule has 0 radical (unpaired) electrons. The van der Waals surface area contributed by atoms with Crippen molar-refractivity contribution in [1.82, 2.24) is 4.98 Å². The summed E-state index contributed by atoms with van der Waals surface area (Å²) in [6.45, 7) is 4.09. The predicted octanol–water partition coefficient (Wildman–Crippen LogP) is 4.43. The molecular formula is C17H21NO. The standard InChI is InChI=1S/C17H21NO/c1-3-4-5-6-7-11-15-13(2)17(19)14-10-8-9-12-16(14)18-15/h7-12H,3-6H2,1-2H3,(H,18,19)/b11-7+. The average molecular weight is 255 g/mol. The van der Waals surface area contributed by atoms with Crippen LogP contribution < -0.4 is 5.43 Å². The first-order valence-corrected chi connectivity index (χ1v) is 7.02. The van der Waals surface area contributed by atoms with E-state index in [0.29, 0.717) is 0 Å². The molecule has 0 fully saturated rings. The van der Waals surface area contributed by atoms with E-state index in [0.717, 1.165) is 28.6 Å². The van der Waals surface area contributed by atoms with Crippen molar-refractivity contribution < 1.29 is 0 Å². The lowest BCUT2D eigenvalue weighted by Gasteiger charge is -2.04. The Labute approximate surface area is 114 Å². The molecule has 2 nitrogen and oxygen atoms in total. The maximum atomic E-state index is 12.2. The number of allylic oxidation sites excluding steroid dienone is 1. The molecule has 0 atom stereocenters. The van der Waals surface area contributed by atoms with Crippen LogP contribution in [0.3, 0.4) is 0 Å². The van der Waals surface area contributed by atoms with E-state index in [1.807, 2.05) is 37.3 Å². The first-order valence-electron chi connectivity index (χ1n) is 7.02. The van der Waals surface area contributed by atoms with Gasteiger partial charge in [0.05, 0.1) is 0 Å². The highest BCUT2D eigenvalue weighted by Crippen LogP contribution is 2.12. The van der Waals surface area contributed by atoms with Crippen molar-refractivity contribution in [2.75, 3.05) is 0 Å². The Morgan fingerprint density at radius 2 is 2.00 bits per heavy atom. The third kappa shape index (κ3) is 3.14. The van der Waals surface area contributed by atoms with Crippen molar-refractivity contribution in [3.05, 3.63) is 51.8 Å². The Morgan fingerprint density at radius 3 is 2.79 bits per heavy atom. The second-order valence-electron chi connectivity index (χ2n) is 4.94. The van der Waals surface area contributed by atoms with Crippen molar-refractivity contribution >= 4 is 17.0 Å². The zero-order valence-corrected chi connectivity index (χ0v) is 11.7. The summed E-state index contributed by atoms with van der Waals surface area (Å²) in [5.41, 5.74) is 2.76. The normalized spacial score (nSPS) is 11.5. The van der Waals surface area contributed by atoms with Crippen LogP contribution in [0.5, 0.6) is 0 Å². The zero-order chi connectivity index (χ0) is 13.7. The summed E-state index contributed by atoms with van der Waals surface area (Å²) in [6.07, 6.45) is 8.98. The van der Waals surface area contributed by atoms with Crippen LogP contribution in [0.25, 0.3) is 17.0 Å². The van der Waals surface area contributed by atoms with E-state index in [1.165, 1.54) is 19.3 Å². The molecule has 1 aromatic heterocycles. The van der Waals surface area contributed by atoms with Crippen LogP contribution in [0.15, 0.2) is 35.1 Å². The first-order chi connectivity index (χ1) is 9.24. The summed E-state index contributed by atoms with van der Waals surface area (Å²) in [5.74, 6) is 0. The maximum absolute atomic E-state index is 12.2. The van der Waals surface area contributed by atoms with Gasteiger partial charge in [-0.25, -0.2) is 0 Å². The molecule has 0 amide bonds. The summed E-state index contributed by atoms with van der Waals surface area (Å²) in [6, 6.07) is 7.67. The lowest BCUT2D eigenvalue weighted by atomic mass is 10.1. The number of para-hydroxylation sites is 1. The molecule has 2 heteroatoms. The average Bonchev–Trinajstić information content (AvgIpc) is 2.44. The summed E-state index contributed by atoms with van der Waals surface area (Å²) in [4.78, 5) is 15.6. The fourth-order valence-electron chi connectivity index (χ4n) is 2.23. The molecule has 0 aliphatic rings. The Morgan fingerprint density at radius 1 is 1.21 bits per heavy atom. The lowest BCUT2D eigenvalue weighted by Crippen LogP contribution is -2.09. The van der Waals surface area contributed by atoms with Gasteiger partial charge in [0.2, 0.25) is 0 Å². The van der Waals surface area contributed by atoms with Crippen molar-refractivity contribution in [3.8, 4) is 0 Å².